The minimum absolute atomic E-state index is 0.00976. The molecule has 1 aromatic rings. The van der Waals surface area contributed by atoms with Gasteiger partial charge in [0.2, 0.25) is 0 Å². The van der Waals surface area contributed by atoms with Gasteiger partial charge in [0.15, 0.2) is 0 Å². The monoisotopic (exact) mass is 300 g/mol. The Morgan fingerprint density at radius 3 is 2.55 bits per heavy atom. The molecule has 0 aliphatic rings. The first kappa shape index (κ1) is 16.3. The van der Waals surface area contributed by atoms with Crippen LogP contribution in [0.3, 0.4) is 0 Å². The largest absolute Gasteiger partial charge is 0.394 e. The van der Waals surface area contributed by atoms with Gasteiger partial charge in [-0.05, 0) is 26.0 Å². The average Bonchev–Trinajstić information content (AvgIpc) is 2.37. The molecule has 0 saturated carbocycles. The molecule has 1 amide bonds. The molecule has 110 valence electrons. The number of hydrogen-bond donors (Lipinski definition) is 2. The number of benzene rings is 1. The maximum absolute atomic E-state index is 12.0. The molecule has 2 N–H and O–H groups in total. The zero-order chi connectivity index (χ0) is 15.5. The van der Waals surface area contributed by atoms with E-state index in [1.807, 2.05) is 0 Å². The molecule has 20 heavy (non-hydrogen) atoms. The predicted octanol–water partition coefficient (Wildman–Crippen LogP) is 0.833. The molecule has 0 fully saturated rings. The van der Waals surface area contributed by atoms with E-state index in [1.165, 1.54) is 18.4 Å². The van der Waals surface area contributed by atoms with Crippen molar-refractivity contribution in [3.63, 3.8) is 0 Å². The summed E-state index contributed by atoms with van der Waals surface area (Å²) in [7, 11) is -1.58. The van der Waals surface area contributed by atoms with Crippen LogP contribution in [0.2, 0.25) is 0 Å². The van der Waals surface area contributed by atoms with Crippen LogP contribution in [0.5, 0.6) is 0 Å². The van der Waals surface area contributed by atoms with Gasteiger partial charge in [-0.1, -0.05) is 0 Å². The fourth-order valence-electron chi connectivity index (χ4n) is 1.46. The standard InChI is InChI=1S/C12H16N2O5S/c1-12(2,7-15)13-11(16)8-4-5-9(14(17)18)10(6-8)20(3)19/h4-6,15H,7H2,1-3H3,(H,13,16). The molecule has 0 spiro atoms. The van der Waals surface area contributed by atoms with E-state index >= 15 is 0 Å². The van der Waals surface area contributed by atoms with E-state index in [0.29, 0.717) is 0 Å². The van der Waals surface area contributed by atoms with Gasteiger partial charge in [0.25, 0.3) is 11.6 Å². The number of amides is 1. The zero-order valence-electron chi connectivity index (χ0n) is 11.4. The van der Waals surface area contributed by atoms with Crippen molar-refractivity contribution in [1.82, 2.24) is 5.32 Å². The summed E-state index contributed by atoms with van der Waals surface area (Å²) in [5, 5.41) is 22.5. The summed E-state index contributed by atoms with van der Waals surface area (Å²) in [4.78, 5) is 22.2. The lowest BCUT2D eigenvalue weighted by molar-refractivity contribution is -0.387. The van der Waals surface area contributed by atoms with Crippen LogP contribution in [0.1, 0.15) is 24.2 Å². The van der Waals surface area contributed by atoms with Gasteiger partial charge in [0, 0.05) is 17.9 Å². The number of rotatable bonds is 5. The van der Waals surface area contributed by atoms with E-state index in [2.05, 4.69) is 5.32 Å². The number of nitrogens with one attached hydrogen (secondary N) is 1. The highest BCUT2D eigenvalue weighted by Gasteiger charge is 2.23. The van der Waals surface area contributed by atoms with E-state index in [1.54, 1.807) is 13.8 Å². The lowest BCUT2D eigenvalue weighted by Crippen LogP contribution is -2.46. The number of nitro groups is 1. The normalized spacial score (nSPS) is 12.8. The van der Waals surface area contributed by atoms with Gasteiger partial charge >= 0.3 is 0 Å². The van der Waals surface area contributed by atoms with Crippen molar-refractivity contribution in [2.45, 2.75) is 24.3 Å². The highest BCUT2D eigenvalue weighted by Crippen LogP contribution is 2.23. The summed E-state index contributed by atoms with van der Waals surface area (Å²) < 4.78 is 11.5. The second-order valence-corrected chi connectivity index (χ2v) is 6.24. The Morgan fingerprint density at radius 1 is 1.50 bits per heavy atom. The van der Waals surface area contributed by atoms with Crippen LogP contribution < -0.4 is 5.32 Å². The lowest BCUT2D eigenvalue weighted by Gasteiger charge is -2.23. The molecule has 1 aromatic carbocycles. The molecule has 0 radical (unpaired) electrons. The molecule has 0 aromatic heterocycles. The van der Waals surface area contributed by atoms with Gasteiger partial charge in [-0.2, -0.15) is 0 Å². The van der Waals surface area contributed by atoms with Gasteiger partial charge in [-0.15, -0.1) is 0 Å². The number of carbonyl (C=O) groups is 1. The maximum atomic E-state index is 12.0. The molecule has 0 heterocycles. The number of carbonyl (C=O) groups excluding carboxylic acids is 1. The zero-order valence-corrected chi connectivity index (χ0v) is 12.2. The van der Waals surface area contributed by atoms with Crippen LogP contribution in [0, 0.1) is 10.1 Å². The molecule has 1 unspecified atom stereocenters. The van der Waals surface area contributed by atoms with E-state index < -0.39 is 27.2 Å². The molecule has 1 atom stereocenters. The second kappa shape index (κ2) is 6.10. The van der Waals surface area contributed by atoms with Crippen LogP contribution in [-0.2, 0) is 10.8 Å². The molecular formula is C12H16N2O5S. The number of aliphatic hydroxyl groups excluding tert-OH is 1. The number of aliphatic hydroxyl groups is 1. The predicted molar refractivity (Wildman–Crippen MR) is 74.1 cm³/mol. The fraction of sp³-hybridized carbons (Fsp3) is 0.417. The lowest BCUT2D eigenvalue weighted by atomic mass is 10.1. The molecular weight excluding hydrogens is 284 g/mol. The summed E-state index contributed by atoms with van der Waals surface area (Å²) in [6.45, 7) is 3.02. The first-order valence-electron chi connectivity index (χ1n) is 5.73. The summed E-state index contributed by atoms with van der Waals surface area (Å²) in [6, 6.07) is 3.67. The van der Waals surface area contributed by atoms with Crippen molar-refractivity contribution < 1.29 is 19.0 Å². The Morgan fingerprint density at radius 2 is 2.10 bits per heavy atom. The van der Waals surface area contributed by atoms with Crippen molar-refractivity contribution in [1.29, 1.82) is 0 Å². The van der Waals surface area contributed by atoms with Crippen molar-refractivity contribution in [2.75, 3.05) is 12.9 Å². The number of nitro benzene ring substituents is 1. The second-order valence-electron chi connectivity index (χ2n) is 4.89. The Kier molecular flexibility index (Phi) is 4.96. The van der Waals surface area contributed by atoms with Gasteiger partial charge in [0.05, 0.1) is 27.9 Å². The molecule has 8 heteroatoms. The van der Waals surface area contributed by atoms with E-state index in [0.717, 1.165) is 6.07 Å². The van der Waals surface area contributed by atoms with Crippen molar-refractivity contribution in [3.8, 4) is 0 Å². The summed E-state index contributed by atoms with van der Waals surface area (Å²) in [6.07, 6.45) is 1.31. The smallest absolute Gasteiger partial charge is 0.285 e. The van der Waals surface area contributed by atoms with Crippen LogP contribution in [0.25, 0.3) is 0 Å². The van der Waals surface area contributed by atoms with Gasteiger partial charge in [-0.25, -0.2) is 0 Å². The molecule has 0 aliphatic heterocycles. The first-order valence-corrected chi connectivity index (χ1v) is 7.29. The van der Waals surface area contributed by atoms with Crippen LogP contribution in [-0.4, -0.2) is 38.5 Å². The Labute approximate surface area is 118 Å². The van der Waals surface area contributed by atoms with E-state index in [4.69, 9.17) is 5.11 Å². The van der Waals surface area contributed by atoms with Gasteiger partial charge in [-0.3, -0.25) is 19.1 Å². The highest BCUT2D eigenvalue weighted by atomic mass is 32.2. The summed E-state index contributed by atoms with van der Waals surface area (Å²) >= 11 is 0. The highest BCUT2D eigenvalue weighted by molar-refractivity contribution is 7.84. The van der Waals surface area contributed by atoms with Crippen molar-refractivity contribution in [3.05, 3.63) is 33.9 Å². The minimum Gasteiger partial charge on any atom is -0.394 e. The SMILES string of the molecule is CS(=O)c1cc(C(=O)NC(C)(C)CO)ccc1[N+](=O)[O-]. The quantitative estimate of drug-likeness (QED) is 0.618. The van der Waals surface area contributed by atoms with Crippen LogP contribution in [0.4, 0.5) is 5.69 Å². The van der Waals surface area contributed by atoms with Crippen molar-refractivity contribution >= 4 is 22.4 Å². The number of hydrogen-bond acceptors (Lipinski definition) is 5. The maximum Gasteiger partial charge on any atom is 0.285 e. The Hall–Kier alpha value is -1.80. The third-order valence-electron chi connectivity index (χ3n) is 2.58. The molecule has 0 aliphatic carbocycles. The molecule has 1 rings (SSSR count). The van der Waals surface area contributed by atoms with E-state index in [-0.39, 0.29) is 22.8 Å². The summed E-state index contributed by atoms with van der Waals surface area (Å²) in [5.74, 6) is -0.495. The number of nitrogens with zero attached hydrogens (tertiary/aromatic N) is 1. The first-order chi connectivity index (χ1) is 9.18. The Balaban J connectivity index is 3.16. The third-order valence-corrected chi connectivity index (χ3v) is 3.52. The Bertz CT molecular complexity index is 571. The minimum atomic E-state index is -1.58. The van der Waals surface area contributed by atoms with Crippen molar-refractivity contribution in [2.24, 2.45) is 0 Å². The topological polar surface area (TPSA) is 110 Å². The molecule has 7 nitrogen and oxygen atoms in total. The summed E-state index contributed by atoms with van der Waals surface area (Å²) in [5.41, 5.74) is -0.948. The molecule has 0 saturated heterocycles. The van der Waals surface area contributed by atoms with Gasteiger partial charge < -0.3 is 10.4 Å². The van der Waals surface area contributed by atoms with Gasteiger partial charge in [0.1, 0.15) is 4.90 Å². The van der Waals surface area contributed by atoms with Crippen LogP contribution in [0.15, 0.2) is 23.1 Å². The fourth-order valence-corrected chi connectivity index (χ4v) is 2.19. The van der Waals surface area contributed by atoms with Crippen LogP contribution >= 0.6 is 0 Å². The molecule has 0 bridgehead atoms. The van der Waals surface area contributed by atoms with E-state index in [9.17, 15) is 19.1 Å². The average molecular weight is 300 g/mol. The third kappa shape index (κ3) is 3.84.